The third-order valence-corrected chi connectivity index (χ3v) is 1.96. The molecule has 5 heteroatoms. The first-order valence-corrected chi connectivity index (χ1v) is 4.38. The standard InChI is InChI=1S/C10H9N3O2/c1-7-4-8(10(14)15)6-9(5-7)13-11-2-3-12-13/h2-6H,1H3,(H,14,15). The van der Waals surface area contributed by atoms with Gasteiger partial charge in [-0.3, -0.25) is 0 Å². The SMILES string of the molecule is Cc1cc(C(=O)O)cc(-n2nccn2)c1. The van der Waals surface area contributed by atoms with E-state index in [1.165, 1.54) is 10.9 Å². The van der Waals surface area contributed by atoms with Crippen LogP contribution in [0.1, 0.15) is 15.9 Å². The Morgan fingerprint density at radius 1 is 1.27 bits per heavy atom. The number of carboxylic acids is 1. The number of hydrogen-bond acceptors (Lipinski definition) is 3. The fourth-order valence-corrected chi connectivity index (χ4v) is 1.35. The van der Waals surface area contributed by atoms with E-state index >= 15 is 0 Å². The maximum Gasteiger partial charge on any atom is 0.335 e. The minimum atomic E-state index is -0.952. The third-order valence-electron chi connectivity index (χ3n) is 1.96. The highest BCUT2D eigenvalue weighted by molar-refractivity contribution is 5.88. The molecule has 0 unspecified atom stereocenters. The van der Waals surface area contributed by atoms with E-state index in [2.05, 4.69) is 10.2 Å². The topological polar surface area (TPSA) is 68.0 Å². The molecule has 0 spiro atoms. The molecule has 5 nitrogen and oxygen atoms in total. The van der Waals surface area contributed by atoms with Crippen LogP contribution in [0.5, 0.6) is 0 Å². The van der Waals surface area contributed by atoms with Gasteiger partial charge >= 0.3 is 5.97 Å². The summed E-state index contributed by atoms with van der Waals surface area (Å²) in [4.78, 5) is 12.2. The highest BCUT2D eigenvalue weighted by atomic mass is 16.4. The van der Waals surface area contributed by atoms with E-state index in [9.17, 15) is 4.79 Å². The molecule has 0 atom stereocenters. The smallest absolute Gasteiger partial charge is 0.335 e. The van der Waals surface area contributed by atoms with Gasteiger partial charge in [0.2, 0.25) is 0 Å². The number of aromatic carboxylic acids is 1. The number of rotatable bonds is 2. The molecular weight excluding hydrogens is 194 g/mol. The molecule has 0 radical (unpaired) electrons. The van der Waals surface area contributed by atoms with E-state index < -0.39 is 5.97 Å². The van der Waals surface area contributed by atoms with Gasteiger partial charge in [0.25, 0.3) is 0 Å². The Kier molecular flexibility index (Phi) is 2.21. The maximum absolute atomic E-state index is 10.8. The van der Waals surface area contributed by atoms with Crippen molar-refractivity contribution in [3.8, 4) is 5.69 Å². The Bertz CT molecular complexity index is 491. The molecule has 0 aliphatic rings. The van der Waals surface area contributed by atoms with Crippen molar-refractivity contribution in [3.05, 3.63) is 41.7 Å². The Morgan fingerprint density at radius 3 is 2.53 bits per heavy atom. The molecule has 0 saturated carbocycles. The van der Waals surface area contributed by atoms with E-state index in [0.29, 0.717) is 5.69 Å². The van der Waals surface area contributed by atoms with Crippen LogP contribution >= 0.6 is 0 Å². The summed E-state index contributed by atoms with van der Waals surface area (Å²) in [6.45, 7) is 1.83. The van der Waals surface area contributed by atoms with Crippen LogP contribution in [0.4, 0.5) is 0 Å². The van der Waals surface area contributed by atoms with Crippen molar-refractivity contribution in [2.75, 3.05) is 0 Å². The lowest BCUT2D eigenvalue weighted by Gasteiger charge is -2.03. The lowest BCUT2D eigenvalue weighted by molar-refractivity contribution is 0.0696. The minimum absolute atomic E-state index is 0.238. The van der Waals surface area contributed by atoms with Crippen LogP contribution < -0.4 is 0 Å². The number of nitrogens with zero attached hydrogens (tertiary/aromatic N) is 3. The molecule has 2 rings (SSSR count). The number of aromatic nitrogens is 3. The third kappa shape index (κ3) is 1.85. The second-order valence-corrected chi connectivity index (χ2v) is 3.18. The zero-order valence-electron chi connectivity index (χ0n) is 8.08. The molecule has 76 valence electrons. The number of hydrogen-bond donors (Lipinski definition) is 1. The Balaban J connectivity index is 2.54. The van der Waals surface area contributed by atoms with Crippen molar-refractivity contribution in [2.24, 2.45) is 0 Å². The number of carbonyl (C=O) groups is 1. The lowest BCUT2D eigenvalue weighted by Crippen LogP contribution is -2.03. The molecule has 0 aliphatic heterocycles. The van der Waals surface area contributed by atoms with Crippen LogP contribution in [-0.4, -0.2) is 26.1 Å². The highest BCUT2D eigenvalue weighted by Crippen LogP contribution is 2.12. The average Bonchev–Trinajstić information content (AvgIpc) is 2.69. The molecule has 0 amide bonds. The van der Waals surface area contributed by atoms with Crippen molar-refractivity contribution < 1.29 is 9.90 Å². The first-order chi connectivity index (χ1) is 7.16. The summed E-state index contributed by atoms with van der Waals surface area (Å²) in [7, 11) is 0. The second kappa shape index (κ2) is 3.53. The van der Waals surface area contributed by atoms with Crippen molar-refractivity contribution in [3.63, 3.8) is 0 Å². The first kappa shape index (κ1) is 9.39. The van der Waals surface area contributed by atoms with Gasteiger partial charge in [-0.25, -0.2) is 4.79 Å². The number of aryl methyl sites for hydroxylation is 1. The van der Waals surface area contributed by atoms with Gasteiger partial charge in [0, 0.05) is 0 Å². The summed E-state index contributed by atoms with van der Waals surface area (Å²) in [6, 6.07) is 4.97. The van der Waals surface area contributed by atoms with Gasteiger partial charge in [0.05, 0.1) is 23.6 Å². The van der Waals surface area contributed by atoms with Gasteiger partial charge < -0.3 is 5.11 Å². The fourth-order valence-electron chi connectivity index (χ4n) is 1.35. The molecule has 0 aliphatic carbocycles. The largest absolute Gasteiger partial charge is 0.478 e. The monoisotopic (exact) mass is 203 g/mol. The molecule has 0 saturated heterocycles. The Morgan fingerprint density at radius 2 is 1.93 bits per heavy atom. The van der Waals surface area contributed by atoms with E-state index in [4.69, 9.17) is 5.11 Å². The molecule has 0 bridgehead atoms. The minimum Gasteiger partial charge on any atom is -0.478 e. The van der Waals surface area contributed by atoms with Crippen LogP contribution in [0.2, 0.25) is 0 Å². The normalized spacial score (nSPS) is 10.2. The summed E-state index contributed by atoms with van der Waals surface area (Å²) in [5, 5.41) is 16.8. The van der Waals surface area contributed by atoms with Crippen LogP contribution in [0, 0.1) is 6.92 Å². The van der Waals surface area contributed by atoms with Gasteiger partial charge in [-0.05, 0) is 30.7 Å². The fraction of sp³-hybridized carbons (Fsp3) is 0.100. The van der Waals surface area contributed by atoms with E-state index in [1.54, 1.807) is 18.5 Å². The van der Waals surface area contributed by atoms with Crippen LogP contribution in [0.15, 0.2) is 30.6 Å². The van der Waals surface area contributed by atoms with Crippen molar-refractivity contribution in [1.82, 2.24) is 15.0 Å². The molecule has 1 aromatic carbocycles. The predicted molar refractivity (Wildman–Crippen MR) is 53.1 cm³/mol. The molecule has 2 aromatic rings. The Labute approximate surface area is 86.0 Å². The summed E-state index contributed by atoms with van der Waals surface area (Å²) >= 11 is 0. The van der Waals surface area contributed by atoms with Crippen molar-refractivity contribution in [2.45, 2.75) is 6.92 Å². The summed E-state index contributed by atoms with van der Waals surface area (Å²) < 4.78 is 0. The molecular formula is C10H9N3O2. The summed E-state index contributed by atoms with van der Waals surface area (Å²) in [6.07, 6.45) is 3.09. The van der Waals surface area contributed by atoms with E-state index in [0.717, 1.165) is 5.56 Å². The van der Waals surface area contributed by atoms with Crippen molar-refractivity contribution >= 4 is 5.97 Å². The quantitative estimate of drug-likeness (QED) is 0.798. The van der Waals surface area contributed by atoms with Gasteiger partial charge in [-0.2, -0.15) is 15.0 Å². The second-order valence-electron chi connectivity index (χ2n) is 3.18. The molecule has 1 N–H and O–H groups in total. The van der Waals surface area contributed by atoms with Crippen molar-refractivity contribution in [1.29, 1.82) is 0 Å². The molecule has 1 aromatic heterocycles. The predicted octanol–water partition coefficient (Wildman–Crippen LogP) is 1.27. The van der Waals surface area contributed by atoms with Gasteiger partial charge in [0.15, 0.2) is 0 Å². The van der Waals surface area contributed by atoms with E-state index in [-0.39, 0.29) is 5.56 Å². The van der Waals surface area contributed by atoms with Crippen LogP contribution in [0.3, 0.4) is 0 Å². The average molecular weight is 203 g/mol. The summed E-state index contributed by atoms with van der Waals surface area (Å²) in [5.41, 5.74) is 1.75. The molecule has 0 fully saturated rings. The lowest BCUT2D eigenvalue weighted by atomic mass is 10.1. The first-order valence-electron chi connectivity index (χ1n) is 4.38. The maximum atomic E-state index is 10.8. The number of carboxylic acid groups (broad SMARTS) is 1. The number of benzene rings is 1. The highest BCUT2D eigenvalue weighted by Gasteiger charge is 2.06. The Hall–Kier alpha value is -2.17. The van der Waals surface area contributed by atoms with Crippen LogP contribution in [-0.2, 0) is 0 Å². The molecule has 1 heterocycles. The zero-order valence-corrected chi connectivity index (χ0v) is 8.08. The summed E-state index contributed by atoms with van der Waals surface area (Å²) in [5.74, 6) is -0.952. The zero-order chi connectivity index (χ0) is 10.8. The van der Waals surface area contributed by atoms with Crippen LogP contribution in [0.25, 0.3) is 5.69 Å². The van der Waals surface area contributed by atoms with Gasteiger partial charge in [-0.15, -0.1) is 0 Å². The van der Waals surface area contributed by atoms with Gasteiger partial charge in [0.1, 0.15) is 0 Å². The van der Waals surface area contributed by atoms with Gasteiger partial charge in [-0.1, -0.05) is 0 Å². The van der Waals surface area contributed by atoms with E-state index in [1.807, 2.05) is 13.0 Å². The molecule has 15 heavy (non-hydrogen) atoms.